The van der Waals surface area contributed by atoms with Crippen molar-refractivity contribution in [2.24, 2.45) is 5.73 Å². The predicted octanol–water partition coefficient (Wildman–Crippen LogP) is 4.50. The molecule has 0 spiro atoms. The van der Waals surface area contributed by atoms with E-state index >= 15 is 0 Å². The molecule has 1 aliphatic rings. The van der Waals surface area contributed by atoms with Gasteiger partial charge in [-0.15, -0.1) is 0 Å². The third kappa shape index (κ3) is 3.65. The first kappa shape index (κ1) is 21.3. The van der Waals surface area contributed by atoms with E-state index < -0.39 is 5.92 Å². The van der Waals surface area contributed by atoms with Crippen LogP contribution in [0.1, 0.15) is 41.6 Å². The molecule has 0 bridgehead atoms. The molecule has 3 aromatic rings. The SMILES string of the molecule is CCCOc1ccc(C2C(C#N)=C(N)Oc3c2c(C)nn3-c2ccc(C)cc2)cc1OC. The van der Waals surface area contributed by atoms with E-state index in [1.165, 1.54) is 0 Å². The summed E-state index contributed by atoms with van der Waals surface area (Å²) in [6, 6.07) is 15.9. The lowest BCUT2D eigenvalue weighted by molar-refractivity contribution is 0.294. The average Bonchev–Trinajstić information content (AvgIpc) is 3.12. The number of nitrogens with zero attached hydrogens (tertiary/aromatic N) is 3. The van der Waals surface area contributed by atoms with Crippen molar-refractivity contribution in [2.75, 3.05) is 13.7 Å². The average molecular weight is 431 g/mol. The minimum Gasteiger partial charge on any atom is -0.493 e. The summed E-state index contributed by atoms with van der Waals surface area (Å²) < 4.78 is 19.0. The topological polar surface area (TPSA) is 95.3 Å². The van der Waals surface area contributed by atoms with Gasteiger partial charge in [-0.05, 0) is 50.1 Å². The van der Waals surface area contributed by atoms with E-state index in [1.54, 1.807) is 11.8 Å². The summed E-state index contributed by atoms with van der Waals surface area (Å²) in [6.07, 6.45) is 0.892. The van der Waals surface area contributed by atoms with Crippen molar-refractivity contribution in [2.45, 2.75) is 33.1 Å². The van der Waals surface area contributed by atoms with E-state index in [1.807, 2.05) is 63.2 Å². The molecule has 2 aromatic carbocycles. The number of nitriles is 1. The molecule has 0 saturated carbocycles. The van der Waals surface area contributed by atoms with Crippen LogP contribution in [0.4, 0.5) is 0 Å². The molecule has 0 fully saturated rings. The van der Waals surface area contributed by atoms with E-state index in [0.29, 0.717) is 29.6 Å². The minimum atomic E-state index is -0.433. The van der Waals surface area contributed by atoms with Crippen molar-refractivity contribution in [1.29, 1.82) is 5.26 Å². The Balaban J connectivity index is 1.87. The highest BCUT2D eigenvalue weighted by Gasteiger charge is 2.36. The molecule has 2 heterocycles. The molecule has 0 radical (unpaired) electrons. The number of fused-ring (bicyclic) bond motifs is 1. The first-order valence-corrected chi connectivity index (χ1v) is 10.5. The lowest BCUT2D eigenvalue weighted by Crippen LogP contribution is -2.22. The van der Waals surface area contributed by atoms with Crippen LogP contribution in [0.2, 0.25) is 0 Å². The molecule has 1 aliphatic heterocycles. The van der Waals surface area contributed by atoms with Gasteiger partial charge in [0.1, 0.15) is 11.6 Å². The smallest absolute Gasteiger partial charge is 0.229 e. The summed E-state index contributed by atoms with van der Waals surface area (Å²) in [4.78, 5) is 0. The fourth-order valence-electron chi connectivity index (χ4n) is 3.90. The second-order valence-electron chi connectivity index (χ2n) is 7.74. The normalized spacial score (nSPS) is 15.0. The van der Waals surface area contributed by atoms with Crippen LogP contribution in [0.5, 0.6) is 17.4 Å². The minimum absolute atomic E-state index is 0.0727. The highest BCUT2D eigenvalue weighted by molar-refractivity contribution is 5.59. The molecule has 164 valence electrons. The summed E-state index contributed by atoms with van der Waals surface area (Å²) >= 11 is 0. The molecule has 32 heavy (non-hydrogen) atoms. The van der Waals surface area contributed by atoms with Crippen LogP contribution in [0, 0.1) is 25.2 Å². The van der Waals surface area contributed by atoms with Crippen molar-refractivity contribution in [3.05, 3.63) is 76.3 Å². The fraction of sp³-hybridized carbons (Fsp3) is 0.280. The summed E-state index contributed by atoms with van der Waals surface area (Å²) in [5.74, 6) is 1.41. The second kappa shape index (κ2) is 8.67. The standard InChI is InChI=1S/C25H26N4O3/c1-5-12-31-20-11-8-17(13-21(20)30-4)23-19(14-26)24(27)32-25-22(23)16(3)28-29(25)18-9-6-15(2)7-10-18/h6-11,13,23H,5,12,27H2,1-4H3. The molecule has 7 nitrogen and oxygen atoms in total. The van der Waals surface area contributed by atoms with E-state index in [9.17, 15) is 5.26 Å². The quantitative estimate of drug-likeness (QED) is 0.618. The van der Waals surface area contributed by atoms with Crippen LogP contribution < -0.4 is 19.9 Å². The molecular weight excluding hydrogens is 404 g/mol. The summed E-state index contributed by atoms with van der Waals surface area (Å²) in [6.45, 7) is 6.58. The molecule has 0 amide bonds. The first-order valence-electron chi connectivity index (χ1n) is 10.5. The van der Waals surface area contributed by atoms with Crippen molar-refractivity contribution >= 4 is 0 Å². The number of aryl methyl sites for hydroxylation is 2. The Morgan fingerprint density at radius 3 is 2.56 bits per heavy atom. The fourth-order valence-corrected chi connectivity index (χ4v) is 3.90. The summed E-state index contributed by atoms with van der Waals surface area (Å²) in [5, 5.41) is 14.6. The molecule has 0 saturated heterocycles. The van der Waals surface area contributed by atoms with Crippen molar-refractivity contribution in [1.82, 2.24) is 9.78 Å². The maximum absolute atomic E-state index is 9.91. The van der Waals surface area contributed by atoms with Gasteiger partial charge in [0.05, 0.1) is 36.6 Å². The molecule has 7 heteroatoms. The van der Waals surface area contributed by atoms with Crippen LogP contribution in [0.25, 0.3) is 5.69 Å². The summed E-state index contributed by atoms with van der Waals surface area (Å²) in [7, 11) is 1.60. The number of methoxy groups -OCH3 is 1. The number of rotatable bonds is 6. The Bertz CT molecular complexity index is 1220. The first-order chi connectivity index (χ1) is 15.5. The van der Waals surface area contributed by atoms with Gasteiger partial charge in [0.15, 0.2) is 11.5 Å². The molecule has 1 aromatic heterocycles. The Labute approximate surface area is 187 Å². The summed E-state index contributed by atoms with van der Waals surface area (Å²) in [5.41, 5.74) is 11.0. The van der Waals surface area contributed by atoms with Gasteiger partial charge in [-0.25, -0.2) is 4.68 Å². The third-order valence-corrected chi connectivity index (χ3v) is 5.49. The van der Waals surface area contributed by atoms with Crippen LogP contribution in [-0.2, 0) is 0 Å². The predicted molar refractivity (Wildman–Crippen MR) is 121 cm³/mol. The van der Waals surface area contributed by atoms with Gasteiger partial charge in [-0.3, -0.25) is 0 Å². The van der Waals surface area contributed by atoms with Gasteiger partial charge < -0.3 is 19.9 Å². The maximum Gasteiger partial charge on any atom is 0.229 e. The molecule has 2 N–H and O–H groups in total. The monoisotopic (exact) mass is 430 g/mol. The molecular formula is C25H26N4O3. The maximum atomic E-state index is 9.91. The molecule has 0 aliphatic carbocycles. The van der Waals surface area contributed by atoms with Crippen LogP contribution in [0.3, 0.4) is 0 Å². The highest BCUT2D eigenvalue weighted by Crippen LogP contribution is 2.46. The zero-order chi connectivity index (χ0) is 22.8. The third-order valence-electron chi connectivity index (χ3n) is 5.49. The lowest BCUT2D eigenvalue weighted by Gasteiger charge is -2.25. The highest BCUT2D eigenvalue weighted by atomic mass is 16.5. The second-order valence-corrected chi connectivity index (χ2v) is 7.74. The van der Waals surface area contributed by atoms with Gasteiger partial charge in [-0.1, -0.05) is 30.7 Å². The van der Waals surface area contributed by atoms with Crippen LogP contribution in [0.15, 0.2) is 53.9 Å². The Hall–Kier alpha value is -3.92. The van der Waals surface area contributed by atoms with Crippen LogP contribution >= 0.6 is 0 Å². The molecule has 1 atom stereocenters. The van der Waals surface area contributed by atoms with Gasteiger partial charge >= 0.3 is 0 Å². The van der Waals surface area contributed by atoms with Gasteiger partial charge in [0.25, 0.3) is 0 Å². The van der Waals surface area contributed by atoms with E-state index in [4.69, 9.17) is 25.0 Å². The zero-order valence-corrected chi connectivity index (χ0v) is 18.7. The van der Waals surface area contributed by atoms with Crippen LogP contribution in [-0.4, -0.2) is 23.5 Å². The van der Waals surface area contributed by atoms with Gasteiger partial charge in [0.2, 0.25) is 11.8 Å². The largest absolute Gasteiger partial charge is 0.493 e. The Morgan fingerprint density at radius 1 is 1.16 bits per heavy atom. The number of aromatic nitrogens is 2. The van der Waals surface area contributed by atoms with Crippen molar-refractivity contribution in [3.8, 4) is 29.1 Å². The van der Waals surface area contributed by atoms with E-state index in [2.05, 4.69) is 6.07 Å². The Kier molecular flexibility index (Phi) is 5.78. The number of ether oxygens (including phenoxy) is 3. The van der Waals surface area contributed by atoms with Gasteiger partial charge in [-0.2, -0.15) is 10.4 Å². The number of allylic oxidation sites excluding steroid dienone is 1. The number of hydrogen-bond acceptors (Lipinski definition) is 6. The number of hydrogen-bond donors (Lipinski definition) is 1. The zero-order valence-electron chi connectivity index (χ0n) is 18.7. The van der Waals surface area contributed by atoms with Crippen molar-refractivity contribution < 1.29 is 14.2 Å². The lowest BCUT2D eigenvalue weighted by atomic mass is 9.84. The van der Waals surface area contributed by atoms with Crippen molar-refractivity contribution in [3.63, 3.8) is 0 Å². The van der Waals surface area contributed by atoms with E-state index in [-0.39, 0.29) is 5.88 Å². The number of benzene rings is 2. The molecule has 4 rings (SSSR count). The van der Waals surface area contributed by atoms with E-state index in [0.717, 1.165) is 34.5 Å². The van der Waals surface area contributed by atoms with Gasteiger partial charge in [0, 0.05) is 0 Å². The Morgan fingerprint density at radius 2 is 1.91 bits per heavy atom. The number of nitrogens with two attached hydrogens (primary N) is 1. The molecule has 1 unspecified atom stereocenters.